The molecule has 1 atom stereocenters. The first-order chi connectivity index (χ1) is 12.3. The molecule has 2 rings (SSSR count). The minimum Gasteiger partial charge on any atom is -0.480 e. The highest BCUT2D eigenvalue weighted by Crippen LogP contribution is 2.12. The predicted molar refractivity (Wildman–Crippen MR) is 98.2 cm³/mol. The number of ether oxygens (including phenoxy) is 1. The molecule has 2 aromatic heterocycles. The molecule has 2 aromatic rings. The van der Waals surface area contributed by atoms with E-state index in [0.717, 1.165) is 5.57 Å². The average molecular weight is 359 g/mol. The number of aromatic nitrogens is 3. The van der Waals surface area contributed by atoms with Crippen LogP contribution in [0.3, 0.4) is 0 Å². The summed E-state index contributed by atoms with van der Waals surface area (Å²) in [6, 6.07) is 3.24. The number of fused-ring (bicyclic) bond motifs is 1. The molecule has 8 nitrogen and oxygen atoms in total. The minimum absolute atomic E-state index is 0.0687. The monoisotopic (exact) mass is 359 g/mol. The van der Waals surface area contributed by atoms with Gasteiger partial charge in [0, 0.05) is 32.1 Å². The van der Waals surface area contributed by atoms with Crippen LogP contribution in [0.1, 0.15) is 37.7 Å². The molecule has 0 spiro atoms. The van der Waals surface area contributed by atoms with Crippen LogP contribution in [-0.2, 0) is 4.79 Å². The van der Waals surface area contributed by atoms with Crippen molar-refractivity contribution >= 4 is 17.5 Å². The molecule has 0 radical (unpaired) electrons. The number of nitrogens with zero attached hydrogens (tertiary/aromatic N) is 4. The topological polar surface area (TPSA) is 88.8 Å². The lowest BCUT2D eigenvalue weighted by molar-refractivity contribution is -0.120. The number of hydrogen-bond acceptors (Lipinski definition) is 5. The van der Waals surface area contributed by atoms with Gasteiger partial charge in [0.1, 0.15) is 0 Å². The van der Waals surface area contributed by atoms with E-state index in [2.05, 4.69) is 15.4 Å². The van der Waals surface area contributed by atoms with Crippen molar-refractivity contribution in [3.63, 3.8) is 0 Å². The van der Waals surface area contributed by atoms with Gasteiger partial charge in [0.05, 0.1) is 13.3 Å². The van der Waals surface area contributed by atoms with Gasteiger partial charge < -0.3 is 15.0 Å². The number of rotatable bonds is 7. The molecule has 2 amide bonds. The summed E-state index contributed by atoms with van der Waals surface area (Å²) in [5.74, 6) is 0.0940. The summed E-state index contributed by atoms with van der Waals surface area (Å²) in [5.41, 5.74) is 1.99. The highest BCUT2D eigenvalue weighted by molar-refractivity contribution is 5.93. The fourth-order valence-corrected chi connectivity index (χ4v) is 2.48. The fourth-order valence-electron chi connectivity index (χ4n) is 2.48. The molecule has 0 aliphatic rings. The van der Waals surface area contributed by atoms with E-state index in [0.29, 0.717) is 30.2 Å². The number of amides is 2. The van der Waals surface area contributed by atoms with Gasteiger partial charge in [-0.15, -0.1) is 5.10 Å². The van der Waals surface area contributed by atoms with Crippen molar-refractivity contribution in [2.45, 2.75) is 33.2 Å². The Labute approximate surface area is 152 Å². The van der Waals surface area contributed by atoms with E-state index in [1.165, 1.54) is 22.7 Å². The van der Waals surface area contributed by atoms with Crippen LogP contribution in [0.4, 0.5) is 0 Å². The maximum absolute atomic E-state index is 12.7. The number of hydrogen-bond donors (Lipinski definition) is 1. The maximum atomic E-state index is 12.7. The third-order valence-corrected chi connectivity index (χ3v) is 3.76. The second kappa shape index (κ2) is 8.46. The molecule has 0 unspecified atom stereocenters. The summed E-state index contributed by atoms with van der Waals surface area (Å²) >= 11 is 0. The molecule has 1 N–H and O–H groups in total. The normalized spacial score (nSPS) is 11.7. The Morgan fingerprint density at radius 1 is 1.38 bits per heavy atom. The zero-order valence-corrected chi connectivity index (χ0v) is 15.8. The molecule has 0 aromatic carbocycles. The molecule has 0 saturated carbocycles. The van der Waals surface area contributed by atoms with E-state index in [1.54, 1.807) is 19.2 Å². The summed E-state index contributed by atoms with van der Waals surface area (Å²) in [5, 5.41) is 7.12. The molecule has 0 aliphatic carbocycles. The third-order valence-electron chi connectivity index (χ3n) is 3.76. The lowest BCUT2D eigenvalue weighted by atomic mass is 10.2. The van der Waals surface area contributed by atoms with Gasteiger partial charge in [0.15, 0.2) is 11.3 Å². The molecular formula is C18H25N5O3. The smallest absolute Gasteiger partial charge is 0.274 e. The van der Waals surface area contributed by atoms with Crippen molar-refractivity contribution in [3.05, 3.63) is 35.7 Å². The van der Waals surface area contributed by atoms with E-state index in [4.69, 9.17) is 4.74 Å². The molecule has 0 aliphatic heterocycles. The van der Waals surface area contributed by atoms with Crippen molar-refractivity contribution in [1.29, 1.82) is 0 Å². The van der Waals surface area contributed by atoms with Gasteiger partial charge in [-0.2, -0.15) is 0 Å². The number of carbonyl (C=O) groups is 2. The Kier molecular flexibility index (Phi) is 6.32. The van der Waals surface area contributed by atoms with Gasteiger partial charge in [-0.1, -0.05) is 11.6 Å². The minimum atomic E-state index is -0.233. The summed E-state index contributed by atoms with van der Waals surface area (Å²) in [4.78, 5) is 30.3. The van der Waals surface area contributed by atoms with Crippen molar-refractivity contribution in [2.75, 3.05) is 20.7 Å². The first-order valence-electron chi connectivity index (χ1n) is 8.38. The Balaban J connectivity index is 2.03. The Morgan fingerprint density at radius 2 is 2.12 bits per heavy atom. The zero-order chi connectivity index (χ0) is 19.3. The van der Waals surface area contributed by atoms with Gasteiger partial charge in [0.25, 0.3) is 5.91 Å². The van der Waals surface area contributed by atoms with Crippen LogP contribution in [0, 0.1) is 0 Å². The van der Waals surface area contributed by atoms with E-state index in [1.807, 2.05) is 26.8 Å². The molecule has 140 valence electrons. The van der Waals surface area contributed by atoms with Crippen LogP contribution < -0.4 is 10.1 Å². The molecule has 8 heteroatoms. The van der Waals surface area contributed by atoms with Gasteiger partial charge >= 0.3 is 0 Å². The lowest BCUT2D eigenvalue weighted by Crippen LogP contribution is -2.42. The van der Waals surface area contributed by atoms with Crippen LogP contribution >= 0.6 is 0 Å². The molecule has 0 saturated heterocycles. The molecule has 26 heavy (non-hydrogen) atoms. The third kappa shape index (κ3) is 4.81. The lowest BCUT2D eigenvalue weighted by Gasteiger charge is -2.22. The molecule has 0 fully saturated rings. The molecule has 2 heterocycles. The van der Waals surface area contributed by atoms with Gasteiger partial charge in [-0.25, -0.2) is 9.50 Å². The van der Waals surface area contributed by atoms with Gasteiger partial charge in [0.2, 0.25) is 11.8 Å². The highest BCUT2D eigenvalue weighted by Gasteiger charge is 2.20. The van der Waals surface area contributed by atoms with Crippen molar-refractivity contribution < 1.29 is 14.3 Å². The Morgan fingerprint density at radius 3 is 2.77 bits per heavy atom. The van der Waals surface area contributed by atoms with Crippen molar-refractivity contribution in [2.24, 2.45) is 0 Å². The van der Waals surface area contributed by atoms with Gasteiger partial charge in [-0.05, 0) is 26.8 Å². The van der Waals surface area contributed by atoms with E-state index in [-0.39, 0.29) is 17.9 Å². The summed E-state index contributed by atoms with van der Waals surface area (Å²) in [6.45, 7) is 6.13. The van der Waals surface area contributed by atoms with Crippen LogP contribution in [0.15, 0.2) is 30.0 Å². The maximum Gasteiger partial charge on any atom is 0.274 e. The first kappa shape index (κ1) is 19.4. The SMILES string of the molecule is COc1ccc2ncc(C(=O)N(C)C[C@H](C)NC(=O)CC=C(C)C)n2n1. The number of nitrogens with one attached hydrogen (secondary N) is 1. The number of carbonyl (C=O) groups excluding carboxylic acids is 2. The zero-order valence-electron chi connectivity index (χ0n) is 15.8. The standard InChI is InChI=1S/C18H25N5O3/c1-12(2)6-8-16(24)20-13(3)11-22(4)18(25)14-10-19-15-7-9-17(26-5)21-23(14)15/h6-7,9-10,13H,8,11H2,1-5H3,(H,20,24)/t13-/m0/s1. The second-order valence-electron chi connectivity index (χ2n) is 6.43. The summed E-state index contributed by atoms with van der Waals surface area (Å²) in [7, 11) is 3.19. The van der Waals surface area contributed by atoms with Gasteiger partial charge in [-0.3, -0.25) is 9.59 Å². The summed E-state index contributed by atoms with van der Waals surface area (Å²) < 4.78 is 6.55. The fraction of sp³-hybridized carbons (Fsp3) is 0.444. The summed E-state index contributed by atoms with van der Waals surface area (Å²) in [6.07, 6.45) is 3.69. The predicted octanol–water partition coefficient (Wildman–Crippen LogP) is 1.67. The number of imidazole rings is 1. The van der Waals surface area contributed by atoms with E-state index in [9.17, 15) is 9.59 Å². The van der Waals surface area contributed by atoms with Crippen molar-refractivity contribution in [1.82, 2.24) is 24.8 Å². The van der Waals surface area contributed by atoms with Crippen LogP contribution in [0.25, 0.3) is 5.65 Å². The molecule has 0 bridgehead atoms. The highest BCUT2D eigenvalue weighted by atomic mass is 16.5. The van der Waals surface area contributed by atoms with E-state index < -0.39 is 0 Å². The van der Waals surface area contributed by atoms with Crippen LogP contribution in [-0.4, -0.2) is 58.1 Å². The van der Waals surface area contributed by atoms with Crippen LogP contribution in [0.5, 0.6) is 5.88 Å². The number of likely N-dealkylation sites (N-methyl/N-ethyl adjacent to an activating group) is 1. The quantitative estimate of drug-likeness (QED) is 0.760. The molecular weight excluding hydrogens is 334 g/mol. The first-order valence-corrected chi connectivity index (χ1v) is 8.38. The number of methoxy groups -OCH3 is 1. The largest absolute Gasteiger partial charge is 0.480 e. The van der Waals surface area contributed by atoms with E-state index >= 15 is 0 Å². The Hall–Kier alpha value is -2.90. The van der Waals surface area contributed by atoms with Crippen molar-refractivity contribution in [3.8, 4) is 5.88 Å². The number of allylic oxidation sites excluding steroid dienone is 1. The second-order valence-corrected chi connectivity index (χ2v) is 6.43. The van der Waals surface area contributed by atoms with Crippen LogP contribution in [0.2, 0.25) is 0 Å². The average Bonchev–Trinajstić information content (AvgIpc) is 3.01. The Bertz CT molecular complexity index is 823.